The van der Waals surface area contributed by atoms with Crippen molar-refractivity contribution in [3.63, 3.8) is 0 Å². The van der Waals surface area contributed by atoms with Gasteiger partial charge in [-0.2, -0.15) is 0 Å². The molecule has 1 aliphatic rings. The molecule has 1 atom stereocenters. The molecule has 0 spiro atoms. The lowest BCUT2D eigenvalue weighted by atomic mass is 10.1. The molecule has 0 radical (unpaired) electrons. The first kappa shape index (κ1) is 13.9. The second kappa shape index (κ2) is 5.41. The van der Waals surface area contributed by atoms with Gasteiger partial charge in [-0.1, -0.05) is 22.0 Å². The van der Waals surface area contributed by atoms with Gasteiger partial charge in [0.05, 0.1) is 0 Å². The normalized spacial score (nSPS) is 16.3. The quantitative estimate of drug-likeness (QED) is 0.892. The van der Waals surface area contributed by atoms with E-state index in [0.29, 0.717) is 0 Å². The number of hydrogen-bond donors (Lipinski definition) is 2. The Morgan fingerprint density at radius 1 is 1.14 bits per heavy atom. The van der Waals surface area contributed by atoms with E-state index in [0.717, 1.165) is 27.1 Å². The van der Waals surface area contributed by atoms with Gasteiger partial charge in [0.2, 0.25) is 0 Å². The van der Waals surface area contributed by atoms with Gasteiger partial charge in [-0.25, -0.2) is 0 Å². The fourth-order valence-electron chi connectivity index (χ4n) is 2.44. The molecule has 0 saturated carbocycles. The maximum atomic E-state index is 12.2. The second-order valence-electron chi connectivity index (χ2n) is 5.21. The van der Waals surface area contributed by atoms with Crippen molar-refractivity contribution >= 4 is 38.9 Å². The number of hydrogen-bond acceptors (Lipinski definition) is 3. The van der Waals surface area contributed by atoms with Crippen molar-refractivity contribution in [1.29, 1.82) is 0 Å². The minimum Gasteiger partial charge on any atom is -0.378 e. The monoisotopic (exact) mass is 345 g/mol. The molecule has 108 valence electrons. The predicted molar refractivity (Wildman–Crippen MR) is 89.9 cm³/mol. The number of benzene rings is 2. The molecular formula is C16H16BrN3O. The molecule has 0 bridgehead atoms. The van der Waals surface area contributed by atoms with Crippen LogP contribution in [0.5, 0.6) is 0 Å². The summed E-state index contributed by atoms with van der Waals surface area (Å²) in [5.74, 6) is -0.0337. The molecule has 0 fully saturated rings. The topological polar surface area (TPSA) is 44.4 Å². The van der Waals surface area contributed by atoms with Crippen LogP contribution in [0.3, 0.4) is 0 Å². The van der Waals surface area contributed by atoms with Crippen LogP contribution in [-0.2, 0) is 4.79 Å². The number of anilines is 3. The maximum Gasteiger partial charge on any atom is 0.251 e. The Labute approximate surface area is 132 Å². The van der Waals surface area contributed by atoms with Crippen LogP contribution >= 0.6 is 15.9 Å². The van der Waals surface area contributed by atoms with Crippen molar-refractivity contribution in [2.75, 3.05) is 29.6 Å². The van der Waals surface area contributed by atoms with Gasteiger partial charge in [0.25, 0.3) is 5.91 Å². The van der Waals surface area contributed by atoms with E-state index < -0.39 is 0 Å². The highest BCUT2D eigenvalue weighted by atomic mass is 79.9. The summed E-state index contributed by atoms with van der Waals surface area (Å²) in [7, 11) is 4.00. The van der Waals surface area contributed by atoms with Gasteiger partial charge in [-0.05, 0) is 36.4 Å². The summed E-state index contributed by atoms with van der Waals surface area (Å²) < 4.78 is 0.931. The molecule has 21 heavy (non-hydrogen) atoms. The Kier molecular flexibility index (Phi) is 3.59. The fourth-order valence-corrected chi connectivity index (χ4v) is 3.03. The van der Waals surface area contributed by atoms with Gasteiger partial charge in [0.1, 0.15) is 6.04 Å². The molecular weight excluding hydrogens is 330 g/mol. The van der Waals surface area contributed by atoms with Crippen molar-refractivity contribution in [3.8, 4) is 0 Å². The number of amides is 1. The minimum absolute atomic E-state index is 0.0337. The van der Waals surface area contributed by atoms with Gasteiger partial charge in [-0.3, -0.25) is 4.79 Å². The third-order valence-corrected chi connectivity index (χ3v) is 4.25. The molecule has 2 N–H and O–H groups in total. The lowest BCUT2D eigenvalue weighted by Gasteiger charge is -2.16. The zero-order valence-corrected chi connectivity index (χ0v) is 13.4. The summed E-state index contributed by atoms with van der Waals surface area (Å²) in [5.41, 5.74) is 3.86. The average molecular weight is 346 g/mol. The molecule has 1 aliphatic heterocycles. The third-order valence-electron chi connectivity index (χ3n) is 3.56. The zero-order valence-electron chi connectivity index (χ0n) is 11.9. The van der Waals surface area contributed by atoms with Crippen LogP contribution in [0, 0.1) is 0 Å². The number of carbonyl (C=O) groups is 1. The summed E-state index contributed by atoms with van der Waals surface area (Å²) in [6.45, 7) is 0. The van der Waals surface area contributed by atoms with Gasteiger partial charge < -0.3 is 15.5 Å². The standard InChI is InChI=1S/C16H16BrN3O/c1-20(2)11-8-6-10(7-9-11)18-15-14-12(17)4-3-5-13(14)19-16(15)21/h3-9,15,18H,1-2H3,(H,19,21). The Balaban J connectivity index is 1.87. The first-order valence-corrected chi connectivity index (χ1v) is 7.49. The zero-order chi connectivity index (χ0) is 15.0. The Bertz CT molecular complexity index is 682. The van der Waals surface area contributed by atoms with E-state index in [1.54, 1.807) is 0 Å². The smallest absolute Gasteiger partial charge is 0.251 e. The summed E-state index contributed by atoms with van der Waals surface area (Å²) in [6, 6.07) is 13.4. The lowest BCUT2D eigenvalue weighted by molar-refractivity contribution is -0.116. The number of fused-ring (bicyclic) bond motifs is 1. The first-order valence-electron chi connectivity index (χ1n) is 6.69. The molecule has 1 heterocycles. The molecule has 4 nitrogen and oxygen atoms in total. The molecule has 2 aromatic rings. The Morgan fingerprint density at radius 3 is 2.52 bits per heavy atom. The van der Waals surface area contributed by atoms with Gasteiger partial charge in [0.15, 0.2) is 0 Å². The lowest BCUT2D eigenvalue weighted by Crippen LogP contribution is -2.20. The molecule has 3 rings (SSSR count). The van der Waals surface area contributed by atoms with Crippen LogP contribution in [0.25, 0.3) is 0 Å². The second-order valence-corrected chi connectivity index (χ2v) is 6.06. The summed E-state index contributed by atoms with van der Waals surface area (Å²) in [5, 5.41) is 6.19. The van der Waals surface area contributed by atoms with E-state index in [1.165, 1.54) is 0 Å². The van der Waals surface area contributed by atoms with E-state index in [-0.39, 0.29) is 11.9 Å². The molecule has 0 aromatic heterocycles. The SMILES string of the molecule is CN(C)c1ccc(NC2C(=O)Nc3cccc(Br)c32)cc1. The van der Waals surface area contributed by atoms with Gasteiger partial charge in [-0.15, -0.1) is 0 Å². The van der Waals surface area contributed by atoms with Gasteiger partial charge >= 0.3 is 0 Å². The van der Waals surface area contributed by atoms with E-state index in [4.69, 9.17) is 0 Å². The highest BCUT2D eigenvalue weighted by Gasteiger charge is 2.32. The fraction of sp³-hybridized carbons (Fsp3) is 0.188. The average Bonchev–Trinajstić information content (AvgIpc) is 2.77. The van der Waals surface area contributed by atoms with E-state index in [9.17, 15) is 4.79 Å². The van der Waals surface area contributed by atoms with Gasteiger partial charge in [0, 0.05) is 41.2 Å². The van der Waals surface area contributed by atoms with Crippen molar-refractivity contribution in [2.24, 2.45) is 0 Å². The van der Waals surface area contributed by atoms with Crippen LogP contribution < -0.4 is 15.5 Å². The van der Waals surface area contributed by atoms with E-state index in [1.807, 2.05) is 61.5 Å². The largest absolute Gasteiger partial charge is 0.378 e. The molecule has 1 unspecified atom stereocenters. The Hall–Kier alpha value is -2.01. The van der Waals surface area contributed by atoms with Crippen LogP contribution in [0.1, 0.15) is 11.6 Å². The Morgan fingerprint density at radius 2 is 1.86 bits per heavy atom. The number of halogens is 1. The molecule has 2 aromatic carbocycles. The van der Waals surface area contributed by atoms with Crippen molar-refractivity contribution in [3.05, 3.63) is 52.5 Å². The number of nitrogens with one attached hydrogen (secondary N) is 2. The number of nitrogens with zero attached hydrogens (tertiary/aromatic N) is 1. The van der Waals surface area contributed by atoms with Crippen molar-refractivity contribution in [2.45, 2.75) is 6.04 Å². The van der Waals surface area contributed by atoms with Crippen molar-refractivity contribution < 1.29 is 4.79 Å². The van der Waals surface area contributed by atoms with Crippen LogP contribution in [0.2, 0.25) is 0 Å². The van der Waals surface area contributed by atoms with Crippen molar-refractivity contribution in [1.82, 2.24) is 0 Å². The highest BCUT2D eigenvalue weighted by Crippen LogP contribution is 2.38. The predicted octanol–water partition coefficient (Wildman–Crippen LogP) is 3.62. The molecule has 1 amide bonds. The van der Waals surface area contributed by atoms with Crippen LogP contribution in [0.15, 0.2) is 46.9 Å². The summed E-state index contributed by atoms with van der Waals surface area (Å²) in [6.07, 6.45) is 0. The molecule has 5 heteroatoms. The highest BCUT2D eigenvalue weighted by molar-refractivity contribution is 9.10. The number of rotatable bonds is 3. The van der Waals surface area contributed by atoms with E-state index >= 15 is 0 Å². The minimum atomic E-state index is -0.374. The molecule has 0 aliphatic carbocycles. The third kappa shape index (κ3) is 2.61. The number of carbonyl (C=O) groups excluding carboxylic acids is 1. The summed E-state index contributed by atoms with van der Waals surface area (Å²) >= 11 is 3.52. The van der Waals surface area contributed by atoms with Crippen LogP contribution in [-0.4, -0.2) is 20.0 Å². The molecule has 0 saturated heterocycles. The first-order chi connectivity index (χ1) is 10.1. The van der Waals surface area contributed by atoms with Crippen LogP contribution in [0.4, 0.5) is 17.1 Å². The summed E-state index contributed by atoms with van der Waals surface area (Å²) in [4.78, 5) is 14.2. The van der Waals surface area contributed by atoms with E-state index in [2.05, 4.69) is 26.6 Å². The maximum absolute atomic E-state index is 12.2.